The average molecular weight is 262 g/mol. The number of aromatic nitrogens is 2. The van der Waals surface area contributed by atoms with Crippen molar-refractivity contribution in [1.29, 1.82) is 0 Å². The maximum atomic E-state index is 5.86. The van der Waals surface area contributed by atoms with Crippen LogP contribution in [-0.4, -0.2) is 35.0 Å². The molecule has 0 aliphatic heterocycles. The summed E-state index contributed by atoms with van der Waals surface area (Å²) in [5.41, 5.74) is 6.84. The molecule has 96 valence electrons. The van der Waals surface area contributed by atoms with Gasteiger partial charge in [0, 0.05) is 24.2 Å². The molecule has 2 N–H and O–H groups in total. The highest BCUT2D eigenvalue weighted by atomic mass is 32.1. The highest BCUT2D eigenvalue weighted by molar-refractivity contribution is 7.09. The molecule has 0 radical (unpaired) electrons. The van der Waals surface area contributed by atoms with Crippen LogP contribution in [0.4, 0.5) is 0 Å². The lowest BCUT2D eigenvalue weighted by molar-refractivity contribution is 0.249. The molecule has 0 aliphatic rings. The van der Waals surface area contributed by atoms with Crippen molar-refractivity contribution in [3.05, 3.63) is 46.7 Å². The van der Waals surface area contributed by atoms with Crippen LogP contribution in [0.25, 0.3) is 0 Å². The van der Waals surface area contributed by atoms with Gasteiger partial charge < -0.3 is 5.73 Å². The molecule has 1 atom stereocenters. The standard InChI is InChI=1S/C13H18N4S/c1-17(7-5-11-3-2-8-18-11)13(9-14)12-4-6-15-10-16-12/h2-4,6,8,10,13H,5,7,9,14H2,1H3. The Hall–Kier alpha value is -1.30. The second-order valence-corrected chi connectivity index (χ2v) is 5.23. The molecule has 0 saturated carbocycles. The van der Waals surface area contributed by atoms with E-state index in [1.165, 1.54) is 4.88 Å². The summed E-state index contributed by atoms with van der Waals surface area (Å²) < 4.78 is 0. The molecule has 0 fully saturated rings. The van der Waals surface area contributed by atoms with Gasteiger partial charge in [-0.15, -0.1) is 11.3 Å². The molecule has 0 bridgehead atoms. The zero-order valence-electron chi connectivity index (χ0n) is 10.5. The molecule has 0 saturated heterocycles. The van der Waals surface area contributed by atoms with Gasteiger partial charge in [0.05, 0.1) is 11.7 Å². The fourth-order valence-electron chi connectivity index (χ4n) is 1.92. The van der Waals surface area contributed by atoms with Crippen molar-refractivity contribution in [2.45, 2.75) is 12.5 Å². The van der Waals surface area contributed by atoms with Gasteiger partial charge in [-0.3, -0.25) is 4.90 Å². The van der Waals surface area contributed by atoms with Crippen molar-refractivity contribution in [3.63, 3.8) is 0 Å². The maximum absolute atomic E-state index is 5.86. The van der Waals surface area contributed by atoms with Gasteiger partial charge >= 0.3 is 0 Å². The van der Waals surface area contributed by atoms with Crippen molar-refractivity contribution < 1.29 is 0 Å². The van der Waals surface area contributed by atoms with E-state index >= 15 is 0 Å². The number of nitrogens with two attached hydrogens (primary N) is 1. The first-order chi connectivity index (χ1) is 8.81. The lowest BCUT2D eigenvalue weighted by Gasteiger charge is -2.26. The first-order valence-electron chi connectivity index (χ1n) is 6.00. The summed E-state index contributed by atoms with van der Waals surface area (Å²) in [6, 6.07) is 6.35. The summed E-state index contributed by atoms with van der Waals surface area (Å²) in [7, 11) is 2.09. The number of hydrogen-bond acceptors (Lipinski definition) is 5. The molecule has 2 aromatic rings. The van der Waals surface area contributed by atoms with Crippen LogP contribution in [0.3, 0.4) is 0 Å². The van der Waals surface area contributed by atoms with Crippen LogP contribution in [-0.2, 0) is 6.42 Å². The van der Waals surface area contributed by atoms with Gasteiger partial charge in [0.1, 0.15) is 6.33 Å². The molecule has 2 heterocycles. The molecular weight excluding hydrogens is 244 g/mol. The van der Waals surface area contributed by atoms with Gasteiger partial charge in [0.2, 0.25) is 0 Å². The minimum Gasteiger partial charge on any atom is -0.329 e. The second-order valence-electron chi connectivity index (χ2n) is 4.20. The molecular formula is C13H18N4S. The van der Waals surface area contributed by atoms with E-state index in [1.807, 2.05) is 6.07 Å². The molecule has 18 heavy (non-hydrogen) atoms. The Bertz CT molecular complexity index is 443. The Morgan fingerprint density at radius 1 is 1.44 bits per heavy atom. The summed E-state index contributed by atoms with van der Waals surface area (Å²) in [4.78, 5) is 11.9. The van der Waals surface area contributed by atoms with Gasteiger partial charge in [-0.2, -0.15) is 0 Å². The number of rotatable bonds is 6. The zero-order valence-corrected chi connectivity index (χ0v) is 11.3. The Labute approximate surface area is 111 Å². The minimum atomic E-state index is 0.160. The number of thiophene rings is 1. The first-order valence-corrected chi connectivity index (χ1v) is 6.88. The van der Waals surface area contributed by atoms with Crippen LogP contribution in [0.1, 0.15) is 16.6 Å². The van der Waals surface area contributed by atoms with Crippen LogP contribution in [0.5, 0.6) is 0 Å². The normalized spacial score (nSPS) is 12.8. The topological polar surface area (TPSA) is 55.0 Å². The number of likely N-dealkylation sites (N-methyl/N-ethyl adjacent to an activating group) is 1. The van der Waals surface area contributed by atoms with E-state index in [0.717, 1.165) is 18.7 Å². The fourth-order valence-corrected chi connectivity index (χ4v) is 2.62. The molecule has 0 spiro atoms. The molecule has 4 nitrogen and oxygen atoms in total. The summed E-state index contributed by atoms with van der Waals surface area (Å²) in [5.74, 6) is 0. The van der Waals surface area contributed by atoms with Crippen LogP contribution >= 0.6 is 11.3 Å². The lowest BCUT2D eigenvalue weighted by Crippen LogP contribution is -2.32. The number of nitrogens with zero attached hydrogens (tertiary/aromatic N) is 3. The predicted molar refractivity (Wildman–Crippen MR) is 74.5 cm³/mol. The van der Waals surface area contributed by atoms with E-state index in [1.54, 1.807) is 23.9 Å². The SMILES string of the molecule is CN(CCc1cccs1)C(CN)c1ccncn1. The average Bonchev–Trinajstić information content (AvgIpc) is 2.92. The second kappa shape index (κ2) is 6.58. The van der Waals surface area contributed by atoms with Gasteiger partial charge in [0.15, 0.2) is 0 Å². The predicted octanol–water partition coefficient (Wildman–Crippen LogP) is 1.71. The Morgan fingerprint density at radius 3 is 2.94 bits per heavy atom. The Kier molecular flexibility index (Phi) is 4.81. The lowest BCUT2D eigenvalue weighted by atomic mass is 10.1. The summed E-state index contributed by atoms with van der Waals surface area (Å²) in [6.45, 7) is 1.55. The van der Waals surface area contributed by atoms with Gasteiger partial charge in [-0.25, -0.2) is 9.97 Å². The molecule has 0 aromatic carbocycles. The Morgan fingerprint density at radius 2 is 2.33 bits per heavy atom. The number of hydrogen-bond donors (Lipinski definition) is 1. The van der Waals surface area contributed by atoms with E-state index < -0.39 is 0 Å². The van der Waals surface area contributed by atoms with Crippen molar-refractivity contribution >= 4 is 11.3 Å². The third-order valence-electron chi connectivity index (χ3n) is 2.99. The highest BCUT2D eigenvalue weighted by Crippen LogP contribution is 2.16. The molecule has 0 amide bonds. The van der Waals surface area contributed by atoms with Crippen molar-refractivity contribution in [1.82, 2.24) is 14.9 Å². The van der Waals surface area contributed by atoms with E-state index in [2.05, 4.69) is 39.4 Å². The molecule has 0 aliphatic carbocycles. The van der Waals surface area contributed by atoms with E-state index in [-0.39, 0.29) is 6.04 Å². The van der Waals surface area contributed by atoms with E-state index in [4.69, 9.17) is 5.73 Å². The first kappa shape index (κ1) is 13.1. The maximum Gasteiger partial charge on any atom is 0.115 e. The molecule has 5 heteroatoms. The molecule has 1 unspecified atom stereocenters. The summed E-state index contributed by atoms with van der Waals surface area (Å²) in [5, 5.41) is 2.11. The third kappa shape index (κ3) is 3.35. The minimum absolute atomic E-state index is 0.160. The summed E-state index contributed by atoms with van der Waals surface area (Å²) in [6.07, 6.45) is 4.39. The highest BCUT2D eigenvalue weighted by Gasteiger charge is 2.16. The van der Waals surface area contributed by atoms with Crippen LogP contribution < -0.4 is 5.73 Å². The fraction of sp³-hybridized carbons (Fsp3) is 0.385. The monoisotopic (exact) mass is 262 g/mol. The third-order valence-corrected chi connectivity index (χ3v) is 3.93. The van der Waals surface area contributed by atoms with E-state index in [9.17, 15) is 0 Å². The quantitative estimate of drug-likeness (QED) is 0.861. The van der Waals surface area contributed by atoms with Gasteiger partial charge in [-0.1, -0.05) is 6.07 Å². The van der Waals surface area contributed by atoms with Gasteiger partial charge in [-0.05, 0) is 31.0 Å². The van der Waals surface area contributed by atoms with Crippen molar-refractivity contribution in [2.24, 2.45) is 5.73 Å². The zero-order chi connectivity index (χ0) is 12.8. The van der Waals surface area contributed by atoms with Crippen LogP contribution in [0.2, 0.25) is 0 Å². The Balaban J connectivity index is 1.95. The van der Waals surface area contributed by atoms with E-state index in [0.29, 0.717) is 6.54 Å². The van der Waals surface area contributed by atoms with Crippen LogP contribution in [0.15, 0.2) is 36.1 Å². The largest absolute Gasteiger partial charge is 0.329 e. The van der Waals surface area contributed by atoms with Crippen molar-refractivity contribution in [3.8, 4) is 0 Å². The molecule has 2 rings (SSSR count). The molecule has 2 aromatic heterocycles. The van der Waals surface area contributed by atoms with Crippen LogP contribution in [0, 0.1) is 0 Å². The van der Waals surface area contributed by atoms with Crippen molar-refractivity contribution in [2.75, 3.05) is 20.1 Å². The summed E-state index contributed by atoms with van der Waals surface area (Å²) >= 11 is 1.80. The van der Waals surface area contributed by atoms with Gasteiger partial charge in [0.25, 0.3) is 0 Å². The smallest absolute Gasteiger partial charge is 0.115 e.